The Morgan fingerprint density at radius 1 is 1.29 bits per heavy atom. The van der Waals surface area contributed by atoms with Crippen LogP contribution in [0.2, 0.25) is 0 Å². The second-order valence-electron chi connectivity index (χ2n) is 13.0. The van der Waals surface area contributed by atoms with Gasteiger partial charge >= 0.3 is 0 Å². The van der Waals surface area contributed by atoms with Crippen LogP contribution in [0.15, 0.2) is 40.4 Å². The molecule has 0 unspecified atom stereocenters. The molecule has 214 valence electrons. The van der Waals surface area contributed by atoms with E-state index in [0.717, 1.165) is 45.9 Å². The number of carbonyl (C=O) groups excluding carboxylic acids is 1. The standard InChI is InChI=1S/C32H36N4O3S2/c1-30-15-19-17-34-36(13-5-12-33)24(19)14-20(30)8-9-21-22-10-11-32(39,31(22,2)16-25(37)28(21)30)27(38)18-40-29-35-23-6-3-4-7-26(23)41-29/h3-4,6-7,14,17,21-22,25,28,37,39H,5,8-11,13,15-16,18H2,1-2H3/t21-,22-,25-,28+,30-,31-,32-/m0/s1. The van der Waals surface area contributed by atoms with Crippen molar-refractivity contribution >= 4 is 45.2 Å². The minimum absolute atomic E-state index is 0.0748. The normalized spacial score (nSPS) is 35.6. The van der Waals surface area contributed by atoms with Crippen molar-refractivity contribution in [3.63, 3.8) is 0 Å². The summed E-state index contributed by atoms with van der Waals surface area (Å²) in [5.41, 5.74) is 2.30. The van der Waals surface area contributed by atoms with E-state index in [1.54, 1.807) is 11.3 Å². The SMILES string of the molecule is C[C@]12Cc3cnn(CCC#N)c3C=C1CC[C@@H]1[C@@H]2[C@@H](O)C[C@@]2(C)[C@H]1CC[C@]2(O)C(=O)CSc1nc2ccccc2s1. The van der Waals surface area contributed by atoms with Crippen LogP contribution in [0.4, 0.5) is 0 Å². The average molecular weight is 589 g/mol. The van der Waals surface area contributed by atoms with Crippen LogP contribution >= 0.6 is 23.1 Å². The zero-order valence-electron chi connectivity index (χ0n) is 23.5. The fourth-order valence-electron chi connectivity index (χ4n) is 9.20. The third kappa shape index (κ3) is 4.01. The third-order valence-electron chi connectivity index (χ3n) is 11.1. The van der Waals surface area contributed by atoms with Gasteiger partial charge < -0.3 is 10.2 Å². The van der Waals surface area contributed by atoms with Gasteiger partial charge in [0.1, 0.15) is 5.60 Å². The van der Waals surface area contributed by atoms with Gasteiger partial charge in [-0.15, -0.1) is 11.3 Å². The molecule has 9 heteroatoms. The highest BCUT2D eigenvalue weighted by Crippen LogP contribution is 2.67. The van der Waals surface area contributed by atoms with Crippen molar-refractivity contribution < 1.29 is 15.0 Å². The van der Waals surface area contributed by atoms with Crippen LogP contribution < -0.4 is 0 Å². The van der Waals surface area contributed by atoms with Gasteiger partial charge in [-0.3, -0.25) is 9.48 Å². The minimum Gasteiger partial charge on any atom is -0.393 e. The monoisotopic (exact) mass is 588 g/mol. The summed E-state index contributed by atoms with van der Waals surface area (Å²) in [7, 11) is 0. The molecule has 0 amide bonds. The average Bonchev–Trinajstić information content (AvgIpc) is 3.62. The van der Waals surface area contributed by atoms with Crippen molar-refractivity contribution in [3.05, 3.63) is 47.3 Å². The Bertz CT molecular complexity index is 1570. The van der Waals surface area contributed by atoms with Gasteiger partial charge in [-0.25, -0.2) is 4.98 Å². The maximum atomic E-state index is 13.8. The predicted octanol–water partition coefficient (Wildman–Crippen LogP) is 5.65. The number of hydrogen-bond donors (Lipinski definition) is 2. The van der Waals surface area contributed by atoms with E-state index in [1.807, 2.05) is 35.1 Å². The molecular formula is C32H36N4O3S2. The van der Waals surface area contributed by atoms with E-state index in [4.69, 9.17) is 5.26 Å². The molecule has 0 aliphatic heterocycles. The Labute approximate surface area is 248 Å². The molecule has 3 saturated carbocycles. The van der Waals surface area contributed by atoms with Crippen LogP contribution in [-0.4, -0.2) is 48.2 Å². The Morgan fingerprint density at radius 2 is 2.12 bits per heavy atom. The van der Waals surface area contributed by atoms with Crippen molar-refractivity contribution in [1.82, 2.24) is 14.8 Å². The zero-order chi connectivity index (χ0) is 28.6. The second kappa shape index (κ2) is 9.77. The molecule has 3 fully saturated rings. The number of thiazole rings is 1. The van der Waals surface area contributed by atoms with Gasteiger partial charge in [-0.2, -0.15) is 10.4 Å². The highest BCUT2D eigenvalue weighted by atomic mass is 32.2. The summed E-state index contributed by atoms with van der Waals surface area (Å²) in [5.74, 6) is 0.569. The van der Waals surface area contributed by atoms with Gasteiger partial charge in [0.2, 0.25) is 0 Å². The number of aromatic nitrogens is 3. The number of benzene rings is 1. The number of thioether (sulfide) groups is 1. The Morgan fingerprint density at radius 3 is 2.93 bits per heavy atom. The number of allylic oxidation sites excluding steroid dienone is 1. The number of aliphatic hydroxyl groups excluding tert-OH is 1. The Balaban J connectivity index is 1.13. The van der Waals surface area contributed by atoms with Gasteiger partial charge in [0.25, 0.3) is 0 Å². The number of para-hydroxylation sites is 1. The lowest BCUT2D eigenvalue weighted by Crippen LogP contribution is -2.62. The molecule has 7 nitrogen and oxygen atoms in total. The van der Waals surface area contributed by atoms with Crippen LogP contribution in [0.1, 0.15) is 63.6 Å². The summed E-state index contributed by atoms with van der Waals surface area (Å²) in [5, 5.41) is 37.6. The van der Waals surface area contributed by atoms with E-state index < -0.39 is 17.1 Å². The van der Waals surface area contributed by atoms with Crippen LogP contribution in [0.3, 0.4) is 0 Å². The highest BCUT2D eigenvalue weighted by Gasteiger charge is 2.68. The number of Topliss-reactive ketones (excluding diaryl/α,β-unsaturated/α-hetero) is 1. The van der Waals surface area contributed by atoms with Crippen molar-refractivity contribution in [3.8, 4) is 6.07 Å². The van der Waals surface area contributed by atoms with Crippen molar-refractivity contribution in [2.45, 2.75) is 81.4 Å². The van der Waals surface area contributed by atoms with Crippen LogP contribution in [0, 0.1) is 39.9 Å². The summed E-state index contributed by atoms with van der Waals surface area (Å²) in [6, 6.07) is 10.2. The Kier molecular flexibility index (Phi) is 6.51. The first-order valence-electron chi connectivity index (χ1n) is 14.7. The van der Waals surface area contributed by atoms with E-state index in [0.29, 0.717) is 25.8 Å². The lowest BCUT2D eigenvalue weighted by atomic mass is 9.45. The molecule has 0 spiro atoms. The molecule has 4 aliphatic carbocycles. The van der Waals surface area contributed by atoms with Crippen molar-refractivity contribution in [1.29, 1.82) is 5.26 Å². The van der Waals surface area contributed by atoms with Crippen molar-refractivity contribution in [2.75, 3.05) is 5.75 Å². The topological polar surface area (TPSA) is 112 Å². The minimum atomic E-state index is -1.44. The Hall–Kier alpha value is -2.51. The first-order valence-corrected chi connectivity index (χ1v) is 16.5. The molecule has 0 bridgehead atoms. The molecule has 4 aliphatic rings. The van der Waals surface area contributed by atoms with E-state index in [2.05, 4.69) is 36.1 Å². The summed E-state index contributed by atoms with van der Waals surface area (Å²) in [6.45, 7) is 4.96. The summed E-state index contributed by atoms with van der Waals surface area (Å²) in [6.07, 6.45) is 8.46. The largest absolute Gasteiger partial charge is 0.393 e. The molecule has 3 aromatic rings. The van der Waals surface area contributed by atoms with Gasteiger partial charge in [0.05, 0.1) is 53.0 Å². The zero-order valence-corrected chi connectivity index (χ0v) is 25.2. The molecule has 1 aromatic carbocycles. The fraction of sp³-hybridized carbons (Fsp3) is 0.562. The number of carbonyl (C=O) groups is 1. The molecule has 2 N–H and O–H groups in total. The molecule has 7 atom stereocenters. The van der Waals surface area contributed by atoms with Crippen LogP contribution in [0.5, 0.6) is 0 Å². The first-order chi connectivity index (χ1) is 19.7. The van der Waals surface area contributed by atoms with Crippen molar-refractivity contribution in [2.24, 2.45) is 28.6 Å². The number of aliphatic hydroxyl groups is 2. The number of fused-ring (bicyclic) bond motifs is 7. The summed E-state index contributed by atoms with van der Waals surface area (Å²) < 4.78 is 3.89. The van der Waals surface area contributed by atoms with Crippen LogP contribution in [0.25, 0.3) is 16.3 Å². The first kappa shape index (κ1) is 27.3. The van der Waals surface area contributed by atoms with Gasteiger partial charge in [-0.1, -0.05) is 43.3 Å². The lowest BCUT2D eigenvalue weighted by Gasteiger charge is -2.60. The number of hydrogen-bond acceptors (Lipinski definition) is 8. The number of nitrogens with zero attached hydrogens (tertiary/aromatic N) is 4. The van der Waals surface area contributed by atoms with E-state index in [-0.39, 0.29) is 34.7 Å². The molecule has 2 heterocycles. The molecule has 0 radical (unpaired) electrons. The molecular weight excluding hydrogens is 553 g/mol. The molecule has 7 rings (SSSR count). The maximum absolute atomic E-state index is 13.8. The third-order valence-corrected chi connectivity index (χ3v) is 13.3. The van der Waals surface area contributed by atoms with Crippen LogP contribution in [-0.2, 0) is 17.8 Å². The molecule has 41 heavy (non-hydrogen) atoms. The second-order valence-corrected chi connectivity index (χ2v) is 15.3. The molecule has 0 saturated heterocycles. The predicted molar refractivity (Wildman–Crippen MR) is 160 cm³/mol. The molecule has 2 aromatic heterocycles. The van der Waals surface area contributed by atoms with Gasteiger partial charge in [-0.05, 0) is 85.5 Å². The summed E-state index contributed by atoms with van der Waals surface area (Å²) >= 11 is 3.00. The number of rotatable bonds is 6. The van der Waals surface area contributed by atoms with E-state index >= 15 is 0 Å². The smallest absolute Gasteiger partial charge is 0.175 e. The number of ketones is 1. The van der Waals surface area contributed by atoms with E-state index in [1.165, 1.54) is 22.9 Å². The fourth-order valence-corrected chi connectivity index (χ4v) is 11.2. The highest BCUT2D eigenvalue weighted by molar-refractivity contribution is 8.01. The van der Waals surface area contributed by atoms with Gasteiger partial charge in [0.15, 0.2) is 10.1 Å². The summed E-state index contributed by atoms with van der Waals surface area (Å²) in [4.78, 5) is 18.4. The van der Waals surface area contributed by atoms with E-state index in [9.17, 15) is 15.0 Å². The lowest BCUT2D eigenvalue weighted by molar-refractivity contribution is -0.177. The van der Waals surface area contributed by atoms with Gasteiger partial charge in [0, 0.05) is 5.41 Å². The quantitative estimate of drug-likeness (QED) is 0.358. The number of aryl methyl sites for hydroxylation is 1. The number of nitriles is 1. The maximum Gasteiger partial charge on any atom is 0.175 e.